The molecule has 10 heteroatoms. The molecule has 0 aliphatic carbocycles. The van der Waals surface area contributed by atoms with E-state index in [1.165, 1.54) is 0 Å². The largest absolute Gasteiger partial charge is 0.374 e. The molecule has 0 aromatic heterocycles. The minimum Gasteiger partial charge on any atom is -0.374 e. The molecule has 0 saturated carbocycles. The van der Waals surface area contributed by atoms with Gasteiger partial charge in [-0.15, -0.1) is 0 Å². The Labute approximate surface area is 192 Å². The molecule has 1 aliphatic heterocycles. The number of carbonyl (C=O) groups is 1. The zero-order valence-electron chi connectivity index (χ0n) is 17.1. The summed E-state index contributed by atoms with van der Waals surface area (Å²) in [6.07, 6.45) is 1.12. The highest BCUT2D eigenvalue weighted by Gasteiger charge is 2.21. The molecule has 1 atom stereocenters. The Hall–Kier alpha value is -1.84. The molecule has 1 heterocycles. The molecule has 3 rings (SSSR count). The van der Waals surface area contributed by atoms with E-state index in [9.17, 15) is 13.2 Å². The van der Waals surface area contributed by atoms with Crippen LogP contribution in [-0.2, 0) is 32.5 Å². The number of hydrogen-bond donors (Lipinski definition) is 2. The van der Waals surface area contributed by atoms with Gasteiger partial charge >= 0.3 is 0 Å². The fraction of sp³-hybridized carbons (Fsp3) is 0.381. The Morgan fingerprint density at radius 2 is 1.97 bits per heavy atom. The topological polar surface area (TPSA) is 87.7 Å². The molecule has 2 N–H and O–H groups in total. The quantitative estimate of drug-likeness (QED) is 0.599. The standard InChI is InChI=1S/C21H25Cl2N3O4S/c1-31(28,29)25-17-4-2-3-15(9-17)11-21(27)24-12-18-14-26(7-8-30-18)13-16-5-6-19(22)20(23)10-16/h2-6,9-10,18,25H,7-8,11-14H2,1H3,(H,24,27). The first kappa shape index (κ1) is 23.8. The Morgan fingerprint density at radius 1 is 1.16 bits per heavy atom. The van der Waals surface area contributed by atoms with E-state index >= 15 is 0 Å². The fourth-order valence-corrected chi connectivity index (χ4v) is 4.25. The third kappa shape index (κ3) is 7.97. The van der Waals surface area contributed by atoms with Gasteiger partial charge in [-0.3, -0.25) is 14.4 Å². The molecule has 1 amide bonds. The second-order valence-electron chi connectivity index (χ2n) is 7.53. The summed E-state index contributed by atoms with van der Waals surface area (Å²) in [5, 5.41) is 3.97. The van der Waals surface area contributed by atoms with Crippen molar-refractivity contribution in [2.75, 3.05) is 37.2 Å². The zero-order valence-corrected chi connectivity index (χ0v) is 19.4. The summed E-state index contributed by atoms with van der Waals surface area (Å²) in [5.74, 6) is -0.151. The summed E-state index contributed by atoms with van der Waals surface area (Å²) in [4.78, 5) is 14.6. The molecule has 2 aromatic carbocycles. The van der Waals surface area contributed by atoms with Crippen molar-refractivity contribution in [1.82, 2.24) is 10.2 Å². The van der Waals surface area contributed by atoms with Crippen LogP contribution in [0.5, 0.6) is 0 Å². The van der Waals surface area contributed by atoms with Crippen molar-refractivity contribution in [2.45, 2.75) is 19.1 Å². The number of morpholine rings is 1. The van der Waals surface area contributed by atoms with Crippen LogP contribution in [0, 0.1) is 0 Å². The number of hydrogen-bond acceptors (Lipinski definition) is 5. The van der Waals surface area contributed by atoms with Gasteiger partial charge in [-0.05, 0) is 35.4 Å². The van der Waals surface area contributed by atoms with Gasteiger partial charge in [-0.25, -0.2) is 8.42 Å². The summed E-state index contributed by atoms with van der Waals surface area (Å²) in [6, 6.07) is 12.4. The number of rotatable bonds is 8. The number of carbonyl (C=O) groups excluding carboxylic acids is 1. The molecule has 168 valence electrons. The summed E-state index contributed by atoms with van der Waals surface area (Å²) >= 11 is 12.1. The van der Waals surface area contributed by atoms with Crippen LogP contribution < -0.4 is 10.0 Å². The smallest absolute Gasteiger partial charge is 0.229 e. The number of anilines is 1. The lowest BCUT2D eigenvalue weighted by molar-refractivity contribution is -0.121. The zero-order chi connectivity index (χ0) is 22.4. The second-order valence-corrected chi connectivity index (χ2v) is 10.1. The maximum Gasteiger partial charge on any atom is 0.229 e. The van der Waals surface area contributed by atoms with Crippen LogP contribution in [0.25, 0.3) is 0 Å². The lowest BCUT2D eigenvalue weighted by atomic mass is 10.1. The van der Waals surface area contributed by atoms with Gasteiger partial charge in [-0.2, -0.15) is 0 Å². The van der Waals surface area contributed by atoms with E-state index in [1.807, 2.05) is 12.1 Å². The molecule has 0 radical (unpaired) electrons. The van der Waals surface area contributed by atoms with Crippen molar-refractivity contribution in [3.63, 3.8) is 0 Å². The summed E-state index contributed by atoms with van der Waals surface area (Å²) in [5.41, 5.74) is 2.22. The molecule has 31 heavy (non-hydrogen) atoms. The van der Waals surface area contributed by atoms with E-state index in [2.05, 4.69) is 14.9 Å². The van der Waals surface area contributed by atoms with Crippen LogP contribution in [0.4, 0.5) is 5.69 Å². The molecule has 1 aliphatic rings. The van der Waals surface area contributed by atoms with Gasteiger partial charge < -0.3 is 10.1 Å². The van der Waals surface area contributed by atoms with Gasteiger partial charge in [0.25, 0.3) is 0 Å². The normalized spacial score (nSPS) is 17.3. The number of amides is 1. The van der Waals surface area contributed by atoms with E-state index in [0.717, 1.165) is 30.5 Å². The molecular weight excluding hydrogens is 461 g/mol. The number of sulfonamides is 1. The van der Waals surface area contributed by atoms with Gasteiger partial charge in [0, 0.05) is 31.9 Å². The summed E-state index contributed by atoms with van der Waals surface area (Å²) in [7, 11) is -3.37. The summed E-state index contributed by atoms with van der Waals surface area (Å²) in [6.45, 7) is 3.20. The SMILES string of the molecule is CS(=O)(=O)Nc1cccc(CC(=O)NCC2CN(Cc3ccc(Cl)c(Cl)c3)CCO2)c1. The first-order valence-corrected chi connectivity index (χ1v) is 12.4. The Morgan fingerprint density at radius 3 is 2.71 bits per heavy atom. The van der Waals surface area contributed by atoms with E-state index in [0.29, 0.717) is 35.4 Å². The van der Waals surface area contributed by atoms with E-state index < -0.39 is 10.0 Å². The lowest BCUT2D eigenvalue weighted by Gasteiger charge is -2.33. The Balaban J connectivity index is 1.47. The number of ether oxygens (including phenoxy) is 1. The third-order valence-electron chi connectivity index (χ3n) is 4.73. The summed E-state index contributed by atoms with van der Waals surface area (Å²) < 4.78 is 30.9. The van der Waals surface area contributed by atoms with Crippen molar-refractivity contribution >= 4 is 44.8 Å². The molecule has 0 bridgehead atoms. The van der Waals surface area contributed by atoms with Crippen LogP contribution in [0.2, 0.25) is 10.0 Å². The third-order valence-corrected chi connectivity index (χ3v) is 6.08. The second kappa shape index (κ2) is 10.7. The molecule has 1 fully saturated rings. The molecule has 0 spiro atoms. The van der Waals surface area contributed by atoms with Crippen LogP contribution >= 0.6 is 23.2 Å². The Kier molecular flexibility index (Phi) is 8.18. The number of nitrogens with one attached hydrogen (secondary N) is 2. The van der Waals surface area contributed by atoms with Gasteiger partial charge in [0.05, 0.1) is 35.4 Å². The predicted octanol–water partition coefficient (Wildman–Crippen LogP) is 2.92. The van der Waals surface area contributed by atoms with E-state index in [4.69, 9.17) is 27.9 Å². The van der Waals surface area contributed by atoms with Crippen LogP contribution in [0.3, 0.4) is 0 Å². The van der Waals surface area contributed by atoms with E-state index in [1.54, 1.807) is 30.3 Å². The molecule has 1 saturated heterocycles. The monoisotopic (exact) mass is 485 g/mol. The molecule has 1 unspecified atom stereocenters. The maximum atomic E-state index is 12.3. The highest BCUT2D eigenvalue weighted by Crippen LogP contribution is 2.23. The van der Waals surface area contributed by atoms with E-state index in [-0.39, 0.29) is 18.4 Å². The van der Waals surface area contributed by atoms with Crippen LogP contribution in [-0.4, -0.2) is 57.8 Å². The Bertz CT molecular complexity index is 1030. The van der Waals surface area contributed by atoms with Gasteiger partial charge in [-0.1, -0.05) is 41.4 Å². The highest BCUT2D eigenvalue weighted by atomic mass is 35.5. The predicted molar refractivity (Wildman–Crippen MR) is 123 cm³/mol. The first-order valence-electron chi connectivity index (χ1n) is 9.79. The van der Waals surface area contributed by atoms with Crippen molar-refractivity contribution < 1.29 is 17.9 Å². The van der Waals surface area contributed by atoms with Gasteiger partial charge in [0.2, 0.25) is 15.9 Å². The number of benzene rings is 2. The van der Waals surface area contributed by atoms with Gasteiger partial charge in [0.1, 0.15) is 0 Å². The fourth-order valence-electron chi connectivity index (χ4n) is 3.38. The highest BCUT2D eigenvalue weighted by molar-refractivity contribution is 7.92. The van der Waals surface area contributed by atoms with Crippen molar-refractivity contribution in [3.8, 4) is 0 Å². The van der Waals surface area contributed by atoms with Crippen molar-refractivity contribution in [1.29, 1.82) is 0 Å². The van der Waals surface area contributed by atoms with Gasteiger partial charge in [0.15, 0.2) is 0 Å². The molecular formula is C21H25Cl2N3O4S. The molecule has 2 aromatic rings. The average Bonchev–Trinajstić information content (AvgIpc) is 2.69. The number of nitrogens with zero attached hydrogens (tertiary/aromatic N) is 1. The van der Waals surface area contributed by atoms with Crippen LogP contribution in [0.1, 0.15) is 11.1 Å². The van der Waals surface area contributed by atoms with Crippen molar-refractivity contribution in [3.05, 3.63) is 63.6 Å². The lowest BCUT2D eigenvalue weighted by Crippen LogP contribution is -2.47. The number of halogens is 2. The molecule has 7 nitrogen and oxygen atoms in total. The minimum absolute atomic E-state index is 0.112. The maximum absolute atomic E-state index is 12.3. The average molecular weight is 486 g/mol. The van der Waals surface area contributed by atoms with Crippen LogP contribution in [0.15, 0.2) is 42.5 Å². The minimum atomic E-state index is -3.37. The first-order chi connectivity index (χ1) is 14.7. The van der Waals surface area contributed by atoms with Crippen molar-refractivity contribution in [2.24, 2.45) is 0 Å².